The second kappa shape index (κ2) is 7.91. The quantitative estimate of drug-likeness (QED) is 0.670. The van der Waals surface area contributed by atoms with Gasteiger partial charge >= 0.3 is 0 Å². The normalized spacial score (nSPS) is 24.3. The summed E-state index contributed by atoms with van der Waals surface area (Å²) in [5.74, 6) is 0.0750. The van der Waals surface area contributed by atoms with Crippen LogP contribution in [0, 0.1) is 5.92 Å². The van der Waals surface area contributed by atoms with Crippen molar-refractivity contribution in [3.05, 3.63) is 23.8 Å². The fraction of sp³-hybridized carbons (Fsp3) is 0.588. The van der Waals surface area contributed by atoms with E-state index in [4.69, 9.17) is 9.88 Å². The molecule has 0 radical (unpaired) electrons. The molecule has 3 rings (SSSR count). The molecule has 0 aromatic heterocycles. The van der Waals surface area contributed by atoms with Crippen LogP contribution in [0.1, 0.15) is 23.7 Å². The van der Waals surface area contributed by atoms with E-state index >= 15 is 0 Å². The van der Waals surface area contributed by atoms with Crippen LogP contribution in [0.3, 0.4) is 0 Å². The lowest BCUT2D eigenvalue weighted by Crippen LogP contribution is -2.50. The van der Waals surface area contributed by atoms with Crippen molar-refractivity contribution in [3.63, 3.8) is 0 Å². The number of nitrogens with one attached hydrogen (secondary N) is 2. The van der Waals surface area contributed by atoms with Crippen LogP contribution in [0.2, 0.25) is 0 Å². The molecule has 8 nitrogen and oxygen atoms in total. The van der Waals surface area contributed by atoms with E-state index in [9.17, 15) is 13.2 Å². The molecule has 0 saturated carbocycles. The number of hydrogen-bond donors (Lipinski definition) is 3. The Morgan fingerprint density at radius 1 is 1.35 bits per heavy atom. The maximum atomic E-state index is 13.0. The molecule has 2 saturated heterocycles. The van der Waals surface area contributed by atoms with Crippen LogP contribution in [-0.2, 0) is 14.8 Å². The van der Waals surface area contributed by atoms with Gasteiger partial charge in [0.05, 0.1) is 23.7 Å². The standard InChI is InChI=1S/C17H26N4O4S/c1-12-4-5-19-11-15(12)20-17(22)14-10-13(26(18,23)24)2-3-16(14)21-6-8-25-9-7-21/h2-3,10,12,15,19H,4-9,11H2,1H3,(H,20,22)(H2,18,23,24). The number of primary sulfonamides is 1. The molecule has 144 valence electrons. The van der Waals surface area contributed by atoms with Crippen LogP contribution >= 0.6 is 0 Å². The molecule has 0 spiro atoms. The zero-order valence-electron chi connectivity index (χ0n) is 14.9. The zero-order chi connectivity index (χ0) is 18.7. The highest BCUT2D eigenvalue weighted by Crippen LogP contribution is 2.25. The summed E-state index contributed by atoms with van der Waals surface area (Å²) in [6, 6.07) is 4.48. The van der Waals surface area contributed by atoms with E-state index in [0.717, 1.165) is 13.0 Å². The van der Waals surface area contributed by atoms with Crippen LogP contribution < -0.4 is 20.7 Å². The maximum absolute atomic E-state index is 13.0. The second-order valence-electron chi connectivity index (χ2n) is 6.87. The van der Waals surface area contributed by atoms with E-state index in [1.54, 1.807) is 6.07 Å². The Kier molecular flexibility index (Phi) is 5.81. The molecule has 2 heterocycles. The minimum atomic E-state index is -3.89. The predicted molar refractivity (Wildman–Crippen MR) is 98.8 cm³/mol. The molecule has 2 aliphatic rings. The summed E-state index contributed by atoms with van der Waals surface area (Å²) in [6.45, 7) is 6.19. The third-order valence-corrected chi connectivity index (χ3v) is 5.95. The van der Waals surface area contributed by atoms with E-state index in [2.05, 4.69) is 17.6 Å². The number of benzene rings is 1. The number of amides is 1. The van der Waals surface area contributed by atoms with E-state index < -0.39 is 10.0 Å². The smallest absolute Gasteiger partial charge is 0.253 e. The Morgan fingerprint density at radius 3 is 2.73 bits per heavy atom. The molecule has 4 N–H and O–H groups in total. The molecular weight excluding hydrogens is 356 g/mol. The van der Waals surface area contributed by atoms with Gasteiger partial charge in [-0.2, -0.15) is 0 Å². The molecule has 0 aliphatic carbocycles. The van der Waals surface area contributed by atoms with Crippen molar-refractivity contribution in [1.82, 2.24) is 10.6 Å². The van der Waals surface area contributed by atoms with Gasteiger partial charge in [0.2, 0.25) is 10.0 Å². The first-order valence-corrected chi connectivity index (χ1v) is 10.4. The monoisotopic (exact) mass is 382 g/mol. The predicted octanol–water partition coefficient (Wildman–Crippen LogP) is -0.102. The van der Waals surface area contributed by atoms with E-state index in [1.165, 1.54) is 12.1 Å². The summed E-state index contributed by atoms with van der Waals surface area (Å²) >= 11 is 0. The summed E-state index contributed by atoms with van der Waals surface area (Å²) in [5, 5.41) is 11.6. The van der Waals surface area contributed by atoms with Crippen molar-refractivity contribution >= 4 is 21.6 Å². The van der Waals surface area contributed by atoms with Crippen molar-refractivity contribution in [3.8, 4) is 0 Å². The summed E-state index contributed by atoms with van der Waals surface area (Å²) in [5.41, 5.74) is 1.03. The zero-order valence-corrected chi connectivity index (χ0v) is 15.7. The molecule has 2 aliphatic heterocycles. The minimum Gasteiger partial charge on any atom is -0.378 e. The third-order valence-electron chi connectivity index (χ3n) is 5.04. The Labute approximate surface area is 154 Å². The van der Waals surface area contributed by atoms with Gasteiger partial charge in [-0.15, -0.1) is 0 Å². The number of morpholine rings is 1. The topological polar surface area (TPSA) is 114 Å². The van der Waals surface area contributed by atoms with Crippen molar-refractivity contribution in [2.45, 2.75) is 24.3 Å². The first kappa shape index (κ1) is 19.1. The van der Waals surface area contributed by atoms with Gasteiger partial charge in [0.25, 0.3) is 5.91 Å². The number of rotatable bonds is 4. The number of anilines is 1. The van der Waals surface area contributed by atoms with Crippen molar-refractivity contribution in [1.29, 1.82) is 0 Å². The second-order valence-corrected chi connectivity index (χ2v) is 8.43. The number of ether oxygens (including phenoxy) is 1. The van der Waals surface area contributed by atoms with Crippen LogP contribution in [0.25, 0.3) is 0 Å². The fourth-order valence-electron chi connectivity index (χ4n) is 3.38. The van der Waals surface area contributed by atoms with Crippen LogP contribution in [-0.4, -0.2) is 59.8 Å². The Morgan fingerprint density at radius 2 is 2.08 bits per heavy atom. The Hall–Kier alpha value is -1.68. The highest BCUT2D eigenvalue weighted by atomic mass is 32.2. The number of piperidine rings is 1. The van der Waals surface area contributed by atoms with E-state index in [1.807, 2.05) is 4.90 Å². The van der Waals surface area contributed by atoms with Gasteiger partial charge in [0, 0.05) is 31.4 Å². The van der Waals surface area contributed by atoms with Crippen molar-refractivity contribution in [2.75, 3.05) is 44.3 Å². The number of carbonyl (C=O) groups excluding carboxylic acids is 1. The highest BCUT2D eigenvalue weighted by Gasteiger charge is 2.26. The highest BCUT2D eigenvalue weighted by molar-refractivity contribution is 7.89. The molecule has 2 atom stereocenters. The summed E-state index contributed by atoms with van der Waals surface area (Å²) in [4.78, 5) is 14.9. The molecule has 9 heteroatoms. The lowest BCUT2D eigenvalue weighted by atomic mass is 9.94. The average molecular weight is 382 g/mol. The lowest BCUT2D eigenvalue weighted by molar-refractivity contribution is 0.0913. The summed E-state index contributed by atoms with van der Waals surface area (Å²) in [7, 11) is -3.89. The van der Waals surface area contributed by atoms with E-state index in [0.29, 0.717) is 50.0 Å². The minimum absolute atomic E-state index is 0.00642. The Balaban J connectivity index is 1.91. The number of carbonyl (C=O) groups is 1. The third kappa shape index (κ3) is 4.35. The first-order valence-electron chi connectivity index (χ1n) is 8.87. The molecule has 0 bridgehead atoms. The SMILES string of the molecule is CC1CCNCC1NC(=O)c1cc(S(N)(=O)=O)ccc1N1CCOCC1. The molecule has 1 aromatic rings. The summed E-state index contributed by atoms with van der Waals surface area (Å²) < 4.78 is 28.8. The van der Waals surface area contributed by atoms with Gasteiger partial charge in [0.1, 0.15) is 0 Å². The lowest BCUT2D eigenvalue weighted by Gasteiger charge is -2.32. The summed E-state index contributed by atoms with van der Waals surface area (Å²) in [6.07, 6.45) is 0.985. The molecule has 2 unspecified atom stereocenters. The maximum Gasteiger partial charge on any atom is 0.253 e. The molecule has 1 amide bonds. The van der Waals surface area contributed by atoms with Crippen molar-refractivity contribution in [2.24, 2.45) is 11.1 Å². The number of nitrogens with two attached hydrogens (primary N) is 1. The fourth-order valence-corrected chi connectivity index (χ4v) is 3.92. The number of hydrogen-bond acceptors (Lipinski definition) is 6. The van der Waals surface area contributed by atoms with Crippen LogP contribution in [0.5, 0.6) is 0 Å². The molecule has 26 heavy (non-hydrogen) atoms. The van der Waals surface area contributed by atoms with Crippen molar-refractivity contribution < 1.29 is 17.9 Å². The first-order chi connectivity index (χ1) is 12.4. The molecule has 1 aromatic carbocycles. The van der Waals surface area contributed by atoms with Gasteiger partial charge in [0.15, 0.2) is 0 Å². The van der Waals surface area contributed by atoms with Crippen LogP contribution in [0.15, 0.2) is 23.1 Å². The molecular formula is C17H26N4O4S. The number of nitrogens with zero attached hydrogens (tertiary/aromatic N) is 1. The number of sulfonamides is 1. The average Bonchev–Trinajstić information content (AvgIpc) is 2.63. The van der Waals surface area contributed by atoms with Gasteiger partial charge in [-0.05, 0) is 37.1 Å². The largest absolute Gasteiger partial charge is 0.378 e. The van der Waals surface area contributed by atoms with E-state index in [-0.39, 0.29) is 16.8 Å². The van der Waals surface area contributed by atoms with Gasteiger partial charge in [-0.25, -0.2) is 13.6 Å². The van der Waals surface area contributed by atoms with Crippen LogP contribution in [0.4, 0.5) is 5.69 Å². The van der Waals surface area contributed by atoms with Gasteiger partial charge < -0.3 is 20.3 Å². The van der Waals surface area contributed by atoms with Gasteiger partial charge in [-0.3, -0.25) is 4.79 Å². The Bertz CT molecular complexity index is 762. The van der Waals surface area contributed by atoms with Gasteiger partial charge in [-0.1, -0.05) is 6.92 Å². The molecule has 2 fully saturated rings.